The van der Waals surface area contributed by atoms with Crippen LogP contribution in [-0.2, 0) is 10.2 Å². The van der Waals surface area contributed by atoms with Crippen molar-refractivity contribution in [1.29, 1.82) is 5.26 Å². The summed E-state index contributed by atoms with van der Waals surface area (Å²) < 4.78 is 21.9. The summed E-state index contributed by atoms with van der Waals surface area (Å²) in [5.41, 5.74) is 1.61. The van der Waals surface area contributed by atoms with Crippen LogP contribution < -0.4 is 4.74 Å². The quantitative estimate of drug-likeness (QED) is 0.528. The molecule has 0 radical (unpaired) electrons. The summed E-state index contributed by atoms with van der Waals surface area (Å²) >= 11 is 3.69. The van der Waals surface area contributed by atoms with E-state index in [1.807, 2.05) is 6.07 Å². The minimum atomic E-state index is -0.742. The fourth-order valence-electron chi connectivity index (χ4n) is 4.69. The molecule has 2 heterocycles. The Bertz CT molecular complexity index is 1180. The highest BCUT2D eigenvalue weighted by Crippen LogP contribution is 2.52. The van der Waals surface area contributed by atoms with Crippen LogP contribution in [0.1, 0.15) is 31.2 Å². The molecule has 3 aromatic rings. The molecule has 0 spiro atoms. The number of benzene rings is 2. The molecule has 0 bridgehead atoms. The third-order valence-electron chi connectivity index (χ3n) is 6.18. The lowest BCUT2D eigenvalue weighted by Gasteiger charge is -2.37. The Morgan fingerprint density at radius 1 is 1.34 bits per heavy atom. The van der Waals surface area contributed by atoms with Crippen LogP contribution in [0.5, 0.6) is 5.75 Å². The second-order valence-electron chi connectivity index (χ2n) is 7.70. The number of fused-ring (bicyclic) bond motifs is 4. The van der Waals surface area contributed by atoms with Gasteiger partial charge in [0.25, 0.3) is 0 Å². The largest absolute Gasteiger partial charge is 0.492 e. The SMILES string of the molecule is N#C[C@]12CCC(=O)C[C@@H]1CCOc1c2cc2cnn(-c3ccc(F)cc3)c2c1Br. The summed E-state index contributed by atoms with van der Waals surface area (Å²) in [5, 5.41) is 15.6. The Morgan fingerprint density at radius 2 is 2.14 bits per heavy atom. The fraction of sp³-hybridized carbons (Fsp3) is 0.318. The van der Waals surface area contributed by atoms with Crippen LogP contribution in [0.3, 0.4) is 0 Å². The first-order valence-electron chi connectivity index (χ1n) is 9.56. The lowest BCUT2D eigenvalue weighted by molar-refractivity contribution is -0.122. The van der Waals surface area contributed by atoms with Gasteiger partial charge in [-0.15, -0.1) is 0 Å². The van der Waals surface area contributed by atoms with E-state index in [-0.39, 0.29) is 17.5 Å². The number of aromatic nitrogens is 2. The highest BCUT2D eigenvalue weighted by molar-refractivity contribution is 9.10. The van der Waals surface area contributed by atoms with Crippen LogP contribution in [0.2, 0.25) is 0 Å². The van der Waals surface area contributed by atoms with Gasteiger partial charge in [0.05, 0.1) is 40.0 Å². The van der Waals surface area contributed by atoms with E-state index in [1.165, 1.54) is 12.1 Å². The fourth-order valence-corrected chi connectivity index (χ4v) is 5.41. The molecule has 1 aliphatic heterocycles. The zero-order valence-electron chi connectivity index (χ0n) is 15.5. The topological polar surface area (TPSA) is 67.9 Å². The van der Waals surface area contributed by atoms with Crippen LogP contribution in [0.4, 0.5) is 4.39 Å². The lowest BCUT2D eigenvalue weighted by Crippen LogP contribution is -2.39. The molecule has 1 aromatic heterocycles. The Balaban J connectivity index is 1.74. The molecular weight excluding hydrogens is 437 g/mol. The molecule has 2 aromatic carbocycles. The van der Waals surface area contributed by atoms with Gasteiger partial charge < -0.3 is 4.74 Å². The second-order valence-corrected chi connectivity index (χ2v) is 8.49. The molecule has 0 N–H and O–H groups in total. The maximum absolute atomic E-state index is 13.3. The van der Waals surface area contributed by atoms with E-state index in [9.17, 15) is 14.4 Å². The molecule has 146 valence electrons. The second kappa shape index (κ2) is 6.67. The van der Waals surface area contributed by atoms with Crippen molar-refractivity contribution < 1.29 is 13.9 Å². The van der Waals surface area contributed by atoms with Crippen molar-refractivity contribution in [3.05, 3.63) is 52.4 Å². The third kappa shape index (κ3) is 2.70. The number of hydrogen-bond donors (Lipinski definition) is 0. The first kappa shape index (κ1) is 18.3. The van der Waals surface area contributed by atoms with Gasteiger partial charge in [-0.25, -0.2) is 9.07 Å². The molecular formula is C22H17BrFN3O2. The summed E-state index contributed by atoms with van der Waals surface area (Å²) in [7, 11) is 0. The standard InChI is InChI=1S/C22H17BrFN3O2/c23-19-20-13(11-26-27(20)16-3-1-15(24)2-4-16)9-18-21(19)29-8-6-14-10-17(28)5-7-22(14,18)12-25/h1-4,9,11,14H,5-8,10H2/t14-,22+/m0/s1. The van der Waals surface area contributed by atoms with E-state index < -0.39 is 5.41 Å². The Morgan fingerprint density at radius 3 is 2.90 bits per heavy atom. The lowest BCUT2D eigenvalue weighted by atomic mass is 9.62. The molecule has 1 fully saturated rings. The van der Waals surface area contributed by atoms with Crippen LogP contribution in [0.25, 0.3) is 16.6 Å². The zero-order chi connectivity index (χ0) is 20.2. The molecule has 2 aliphatic rings. The predicted octanol–water partition coefficient (Wildman–Crippen LogP) is 4.84. The minimum Gasteiger partial charge on any atom is -0.492 e. The summed E-state index contributed by atoms with van der Waals surface area (Å²) in [6.07, 6.45) is 3.74. The van der Waals surface area contributed by atoms with Crippen LogP contribution >= 0.6 is 15.9 Å². The summed E-state index contributed by atoms with van der Waals surface area (Å²) in [6.45, 7) is 0.448. The molecule has 1 saturated carbocycles. The van der Waals surface area contributed by atoms with Gasteiger partial charge >= 0.3 is 0 Å². The van der Waals surface area contributed by atoms with Gasteiger partial charge in [0.15, 0.2) is 0 Å². The molecule has 0 unspecified atom stereocenters. The van der Waals surface area contributed by atoms with Gasteiger partial charge in [0.2, 0.25) is 0 Å². The number of halogens is 2. The van der Waals surface area contributed by atoms with Crippen molar-refractivity contribution in [2.75, 3.05) is 6.61 Å². The number of hydrogen-bond acceptors (Lipinski definition) is 4. The number of carbonyl (C=O) groups is 1. The van der Waals surface area contributed by atoms with Crippen LogP contribution in [0.15, 0.2) is 41.0 Å². The maximum atomic E-state index is 13.3. The maximum Gasteiger partial charge on any atom is 0.140 e. The summed E-state index contributed by atoms with van der Waals surface area (Å²) in [6, 6.07) is 10.6. The highest BCUT2D eigenvalue weighted by atomic mass is 79.9. The molecule has 0 amide bonds. The van der Waals surface area contributed by atoms with Gasteiger partial charge in [-0.3, -0.25) is 4.79 Å². The number of ketones is 1. The van der Waals surface area contributed by atoms with E-state index >= 15 is 0 Å². The van der Waals surface area contributed by atoms with E-state index in [2.05, 4.69) is 27.1 Å². The van der Waals surface area contributed by atoms with Gasteiger partial charge in [0.1, 0.15) is 17.3 Å². The zero-order valence-corrected chi connectivity index (χ0v) is 17.1. The van der Waals surface area contributed by atoms with Crippen molar-refractivity contribution >= 4 is 32.6 Å². The van der Waals surface area contributed by atoms with Crippen LogP contribution in [0, 0.1) is 23.1 Å². The normalized spacial score (nSPS) is 23.6. The number of nitriles is 1. The van der Waals surface area contributed by atoms with E-state index in [4.69, 9.17) is 4.74 Å². The Hall–Kier alpha value is -2.72. The third-order valence-corrected chi connectivity index (χ3v) is 6.92. The number of ether oxygens (including phenoxy) is 1. The van der Waals surface area contributed by atoms with Crippen molar-refractivity contribution in [2.45, 2.75) is 31.1 Å². The number of Topliss-reactive ketones (excluding diaryl/α,β-unsaturated/α-hetero) is 1. The first-order chi connectivity index (χ1) is 14.0. The summed E-state index contributed by atoms with van der Waals surface area (Å²) in [5.74, 6) is 0.496. The average molecular weight is 454 g/mol. The molecule has 5 nitrogen and oxygen atoms in total. The molecule has 2 atom stereocenters. The van der Waals surface area contributed by atoms with Crippen molar-refractivity contribution in [1.82, 2.24) is 9.78 Å². The van der Waals surface area contributed by atoms with E-state index in [0.29, 0.717) is 38.0 Å². The Labute approximate surface area is 175 Å². The molecule has 29 heavy (non-hydrogen) atoms. The molecule has 1 aliphatic carbocycles. The van der Waals surface area contributed by atoms with Gasteiger partial charge in [-0.1, -0.05) is 0 Å². The molecule has 5 rings (SSSR count). The van der Waals surface area contributed by atoms with Crippen molar-refractivity contribution in [3.63, 3.8) is 0 Å². The molecule has 0 saturated heterocycles. The monoisotopic (exact) mass is 453 g/mol. The number of nitrogens with zero attached hydrogens (tertiary/aromatic N) is 3. The highest BCUT2D eigenvalue weighted by Gasteiger charge is 2.48. The average Bonchev–Trinajstić information content (AvgIpc) is 3.08. The van der Waals surface area contributed by atoms with Crippen LogP contribution in [-0.4, -0.2) is 22.2 Å². The van der Waals surface area contributed by atoms with E-state index in [0.717, 1.165) is 26.6 Å². The van der Waals surface area contributed by atoms with Gasteiger partial charge in [-0.2, -0.15) is 10.4 Å². The molecule has 7 heteroatoms. The minimum absolute atomic E-state index is 0.0495. The first-order valence-corrected chi connectivity index (χ1v) is 10.4. The smallest absolute Gasteiger partial charge is 0.140 e. The summed E-state index contributed by atoms with van der Waals surface area (Å²) in [4.78, 5) is 12.1. The van der Waals surface area contributed by atoms with Crippen molar-refractivity contribution in [2.24, 2.45) is 5.92 Å². The van der Waals surface area contributed by atoms with Crippen molar-refractivity contribution in [3.8, 4) is 17.5 Å². The van der Waals surface area contributed by atoms with Gasteiger partial charge in [-0.05, 0) is 65.0 Å². The number of carbonyl (C=O) groups excluding carboxylic acids is 1. The predicted molar refractivity (Wildman–Crippen MR) is 108 cm³/mol. The Kier molecular flexibility index (Phi) is 4.21. The van der Waals surface area contributed by atoms with Gasteiger partial charge in [0, 0.05) is 23.8 Å². The van der Waals surface area contributed by atoms with E-state index in [1.54, 1.807) is 23.0 Å². The number of rotatable bonds is 1.